The highest BCUT2D eigenvalue weighted by Gasteiger charge is 2.29. The van der Waals surface area contributed by atoms with Gasteiger partial charge in [-0.1, -0.05) is 109 Å². The summed E-state index contributed by atoms with van der Waals surface area (Å²) in [6, 6.07) is 61.0. The second kappa shape index (κ2) is 36.3. The van der Waals surface area contributed by atoms with Crippen molar-refractivity contribution in [1.29, 1.82) is 0 Å². The molecule has 1 fully saturated rings. The number of sulfonamides is 1. The molecule has 1 aliphatic carbocycles. The molecule has 9 aromatic heterocycles. The Balaban J connectivity index is 0.000000149. The third-order valence-electron chi connectivity index (χ3n) is 20.3. The Bertz CT molecular complexity index is 6850. The molecule has 0 radical (unpaired) electrons. The molecular weight excluding hydrogens is 1560 g/mol. The van der Waals surface area contributed by atoms with Crippen LogP contribution in [-0.2, 0) is 14.9 Å². The molecule has 5 N–H and O–H groups in total. The van der Waals surface area contributed by atoms with Crippen molar-refractivity contribution in [1.82, 2.24) is 68.9 Å². The third-order valence-corrected chi connectivity index (χ3v) is 20.9. The number of amides is 2. The molecule has 9 heterocycles. The lowest BCUT2D eigenvalue weighted by Gasteiger charge is -2.23. The van der Waals surface area contributed by atoms with Crippen molar-refractivity contribution >= 4 is 83.1 Å². The smallest absolute Gasteiger partial charge is 0.282 e. The Labute approximate surface area is 702 Å². The van der Waals surface area contributed by atoms with Gasteiger partial charge in [0.2, 0.25) is 27.5 Å². The summed E-state index contributed by atoms with van der Waals surface area (Å²) in [6.45, 7) is 18.6. The van der Waals surface area contributed by atoms with Crippen LogP contribution in [0, 0.1) is 27.3 Å². The largest absolute Gasteiger partial charge is 0.481 e. The fraction of sp³-hybridized carbons (Fsp3) is 0.185. The van der Waals surface area contributed by atoms with Crippen molar-refractivity contribution in [3.05, 3.63) is 326 Å². The highest BCUT2D eigenvalue weighted by atomic mass is 32.2. The van der Waals surface area contributed by atoms with Gasteiger partial charge in [0.25, 0.3) is 28.5 Å². The normalized spacial score (nSPS) is 12.4. The van der Waals surface area contributed by atoms with Crippen LogP contribution in [0.25, 0.3) is 87.6 Å². The van der Waals surface area contributed by atoms with Gasteiger partial charge in [0.1, 0.15) is 51.9 Å². The molecule has 0 spiro atoms. The maximum absolute atomic E-state index is 14.4. The molecule has 15 aromatic rings. The van der Waals surface area contributed by atoms with E-state index in [1.54, 1.807) is 79.4 Å². The molecule has 122 heavy (non-hydrogen) atoms. The predicted molar refractivity (Wildman–Crippen MR) is 472 cm³/mol. The predicted octanol–water partition coefficient (Wildman–Crippen LogP) is 15.4. The van der Waals surface area contributed by atoms with Gasteiger partial charge in [-0.15, -0.1) is 0 Å². The quantitative estimate of drug-likeness (QED) is 0.0293. The summed E-state index contributed by atoms with van der Waals surface area (Å²) in [7, 11) is 2.52. The molecule has 3 atom stereocenters. The minimum Gasteiger partial charge on any atom is -0.481 e. The van der Waals surface area contributed by atoms with Crippen LogP contribution in [-0.4, -0.2) is 125 Å². The van der Waals surface area contributed by atoms with Crippen LogP contribution in [0.1, 0.15) is 107 Å². The fourth-order valence-electron chi connectivity index (χ4n) is 14.3. The zero-order valence-corrected chi connectivity index (χ0v) is 69.3. The first-order valence-corrected chi connectivity index (χ1v) is 40.8. The molecule has 1 saturated carbocycles. The lowest BCUT2D eigenvalue weighted by Crippen LogP contribution is -2.29. The number of aryl methyl sites for hydroxylation is 3. The summed E-state index contributed by atoms with van der Waals surface area (Å²) in [5.41, 5.74) is 9.00. The highest BCUT2D eigenvalue weighted by Crippen LogP contribution is 2.37. The maximum Gasteiger partial charge on any atom is 0.282 e. The van der Waals surface area contributed by atoms with Crippen LogP contribution in [0.4, 0.5) is 29.0 Å². The van der Waals surface area contributed by atoms with E-state index < -0.39 is 34.1 Å². The van der Waals surface area contributed by atoms with Crippen LogP contribution in [0.5, 0.6) is 11.8 Å². The lowest BCUT2D eigenvalue weighted by molar-refractivity contribution is -0.0756. The number of fused-ring (bicyclic) bond motifs is 3. The zero-order valence-electron chi connectivity index (χ0n) is 68.5. The van der Waals surface area contributed by atoms with Gasteiger partial charge in [0.15, 0.2) is 0 Å². The average Bonchev–Trinajstić information content (AvgIpc) is 0.885. The first-order chi connectivity index (χ1) is 58.9. The van der Waals surface area contributed by atoms with Crippen LogP contribution < -0.4 is 52.1 Å². The number of hydroxylamine groups is 2. The van der Waals surface area contributed by atoms with Crippen LogP contribution in [0.2, 0.25) is 0 Å². The van der Waals surface area contributed by atoms with Gasteiger partial charge < -0.3 is 30.7 Å². The first kappa shape index (κ1) is 83.3. The van der Waals surface area contributed by atoms with Gasteiger partial charge in [-0.25, -0.2) is 58.2 Å². The third kappa shape index (κ3) is 18.4. The zero-order chi connectivity index (χ0) is 86.0. The van der Waals surface area contributed by atoms with E-state index in [2.05, 4.69) is 75.7 Å². The molecule has 30 heteroatoms. The van der Waals surface area contributed by atoms with E-state index in [4.69, 9.17) is 20.9 Å². The standard InChI is InChI=1S/C32H30N6O3.C31H30N6O4.C29H25N7O3S/c1-19(35-30-26(18-34-20(2)36-30)31(39)37-23-12-13-23)27-16-22-8-7-11-25(21-14-15-33-28(17-21)41-3)29(22)32(40)38(27)24-9-5-4-6-10-24;1-19(34-29-25(18-33-20(2)35-29)30(38)36(3)41-5)26-16-22-10-9-13-24(21-14-15-32-27(17-21)40-4)28(22)31(39)37(26)23-11-7-6-8-12-23;1-18(33-28-24(30-3)17-32-19(2)34-28)25-15-21-9-8-12-23(20-13-14-31-26(16-20)35-40(4,38)39)27(21)29(37)36(25)22-10-6-5-7-11-22/h4-11,14-19,23H,12-13H2,1-3H3,(H,37,39)(H,34,35,36);6-19H,1-5H3,(H,33,34,35);5-18H,1-2,4H3,(H,31,35)(H,32,33,34)/t2*19-;18-/m000/s1. The molecule has 0 bridgehead atoms. The molecule has 0 saturated heterocycles. The summed E-state index contributed by atoms with van der Waals surface area (Å²) >= 11 is 0. The molecule has 614 valence electrons. The van der Waals surface area contributed by atoms with E-state index in [-0.39, 0.29) is 45.7 Å². The van der Waals surface area contributed by atoms with E-state index >= 15 is 0 Å². The molecule has 6 aromatic carbocycles. The second-order valence-electron chi connectivity index (χ2n) is 28.9. The van der Waals surface area contributed by atoms with Crippen molar-refractivity contribution < 1.29 is 32.3 Å². The molecule has 0 unspecified atom stereocenters. The van der Waals surface area contributed by atoms with E-state index in [9.17, 15) is 32.4 Å². The van der Waals surface area contributed by atoms with E-state index in [0.717, 1.165) is 68.6 Å². The number of nitrogens with zero attached hydrogens (tertiary/aromatic N) is 14. The summed E-state index contributed by atoms with van der Waals surface area (Å²) in [6.07, 6.45) is 12.3. The lowest BCUT2D eigenvalue weighted by atomic mass is 9.98. The van der Waals surface area contributed by atoms with E-state index in [1.807, 2.05) is 209 Å². The first-order valence-electron chi connectivity index (χ1n) is 38.9. The van der Waals surface area contributed by atoms with E-state index in [1.165, 1.54) is 32.7 Å². The van der Waals surface area contributed by atoms with Gasteiger partial charge in [0, 0.05) is 96.5 Å². The van der Waals surface area contributed by atoms with Crippen molar-refractivity contribution in [2.75, 3.05) is 55.3 Å². The van der Waals surface area contributed by atoms with Crippen molar-refractivity contribution in [2.24, 2.45) is 0 Å². The summed E-state index contributed by atoms with van der Waals surface area (Å²) in [4.78, 5) is 116. The Morgan fingerprint density at radius 3 is 1.25 bits per heavy atom. The fourth-order valence-corrected chi connectivity index (χ4v) is 14.8. The van der Waals surface area contributed by atoms with Gasteiger partial charge in [-0.05, 0) is 183 Å². The molecule has 0 aliphatic heterocycles. The monoisotopic (exact) mass is 1650 g/mol. The number of carbonyl (C=O) groups is 2. The van der Waals surface area contributed by atoms with Crippen molar-refractivity contribution in [3.63, 3.8) is 0 Å². The molecular formula is C92H85N19O10S. The van der Waals surface area contributed by atoms with Gasteiger partial charge in [0.05, 0.1) is 68.4 Å². The number of nitrogens with one attached hydrogen (secondary N) is 5. The highest BCUT2D eigenvalue weighted by molar-refractivity contribution is 7.92. The topological polar surface area (TPSA) is 346 Å². The van der Waals surface area contributed by atoms with Gasteiger partial charge >= 0.3 is 0 Å². The van der Waals surface area contributed by atoms with Crippen LogP contribution in [0.3, 0.4) is 0 Å². The summed E-state index contributed by atoms with van der Waals surface area (Å²) in [5.74, 6) is 3.18. The van der Waals surface area contributed by atoms with Crippen LogP contribution >= 0.6 is 0 Å². The van der Waals surface area contributed by atoms with Crippen molar-refractivity contribution in [2.45, 2.75) is 78.6 Å². The number of pyridine rings is 6. The molecule has 2 amide bonds. The number of rotatable bonds is 23. The van der Waals surface area contributed by atoms with Gasteiger partial charge in [-0.2, -0.15) is 0 Å². The number of hydrogen-bond donors (Lipinski definition) is 5. The Kier molecular flexibility index (Phi) is 24.8. The molecule has 16 rings (SSSR count). The van der Waals surface area contributed by atoms with Crippen LogP contribution in [0.15, 0.2) is 252 Å². The summed E-state index contributed by atoms with van der Waals surface area (Å²) < 4.78 is 41.7. The number of methoxy groups -OCH3 is 2. The number of anilines is 4. The Morgan fingerprint density at radius 2 is 0.861 bits per heavy atom. The number of hydrogen-bond acceptors (Lipinski definition) is 22. The number of aromatic nitrogens is 12. The second-order valence-corrected chi connectivity index (χ2v) is 30.6. The SMILES string of the molecule is COc1cc(-c2cccc3cc([C@H](C)Nc4nc(C)ncc4C(=O)N(C)OC)n(-c4ccccc4)c(=O)c23)ccn1.COc1cc(-c2cccc3cc([C@H](C)Nc4nc(C)ncc4C(=O)NC4CC4)n(-c4ccccc4)c(=O)c23)ccn1.[C-]#[N+]c1cnc(C)nc1N[C@@H](C)c1cc2cccc(-c3ccnc(NS(C)(=O)=O)c3)c2c(=O)n1-c1ccccc1. The maximum atomic E-state index is 14.4. The number of benzene rings is 6. The number of carbonyl (C=O) groups excluding carboxylic acids is 2. The minimum absolute atomic E-state index is 0.158. The Hall–Kier alpha value is -15.2. The van der Waals surface area contributed by atoms with E-state index in [0.29, 0.717) is 108 Å². The number of para-hydroxylation sites is 3. The minimum atomic E-state index is -3.53. The summed E-state index contributed by atoms with van der Waals surface area (Å²) in [5, 5.41) is 18.1. The van der Waals surface area contributed by atoms with Crippen molar-refractivity contribution in [3.8, 4) is 62.2 Å². The number of ether oxygens (including phenoxy) is 2. The Morgan fingerprint density at radius 1 is 0.484 bits per heavy atom. The average molecular weight is 1650 g/mol. The molecule has 1 aliphatic rings. The van der Waals surface area contributed by atoms with Gasteiger partial charge in [-0.3, -0.25) is 52.2 Å². The molecule has 29 nitrogen and oxygen atoms in total.